The molecular formula is C18H21N5O7S2. The molecular weight excluding hydrogens is 462 g/mol. The summed E-state index contributed by atoms with van der Waals surface area (Å²) in [6.45, 7) is 1.39. The van der Waals surface area contributed by atoms with Crippen LogP contribution in [0.4, 0.5) is 5.69 Å². The molecule has 1 saturated heterocycles. The van der Waals surface area contributed by atoms with Gasteiger partial charge in [0.05, 0.1) is 26.9 Å². The number of aromatic nitrogens is 3. The summed E-state index contributed by atoms with van der Waals surface area (Å²) >= 11 is 1.02. The number of hydrogen-bond acceptors (Lipinski definition) is 10. The van der Waals surface area contributed by atoms with E-state index in [9.17, 15) is 28.1 Å². The minimum Gasteiger partial charge on any atom is -0.452 e. The normalized spacial score (nSPS) is 17.1. The van der Waals surface area contributed by atoms with Crippen molar-refractivity contribution in [2.45, 2.75) is 29.4 Å². The van der Waals surface area contributed by atoms with Crippen LogP contribution in [0.1, 0.15) is 23.7 Å². The van der Waals surface area contributed by atoms with Crippen LogP contribution in [0, 0.1) is 10.1 Å². The summed E-state index contributed by atoms with van der Waals surface area (Å²) in [5.41, 5.74) is -0.400. The van der Waals surface area contributed by atoms with Gasteiger partial charge in [0, 0.05) is 25.7 Å². The first-order chi connectivity index (χ1) is 15.1. The van der Waals surface area contributed by atoms with Gasteiger partial charge in [-0.2, -0.15) is 0 Å². The van der Waals surface area contributed by atoms with E-state index >= 15 is 0 Å². The molecule has 0 N–H and O–H groups in total. The number of nitro groups is 1. The quantitative estimate of drug-likeness (QED) is 0.302. The van der Waals surface area contributed by atoms with E-state index in [0.29, 0.717) is 11.6 Å². The molecule has 1 fully saturated rings. The Morgan fingerprint density at radius 2 is 2.16 bits per heavy atom. The molecule has 1 aliphatic rings. The molecule has 3 rings (SSSR count). The lowest BCUT2D eigenvalue weighted by Crippen LogP contribution is -2.43. The second kappa shape index (κ2) is 9.65. The van der Waals surface area contributed by atoms with Gasteiger partial charge in [0.15, 0.2) is 21.6 Å². The number of rotatable bonds is 8. The van der Waals surface area contributed by atoms with Gasteiger partial charge in [0.1, 0.15) is 6.33 Å². The van der Waals surface area contributed by atoms with Crippen LogP contribution in [0.5, 0.6) is 0 Å². The van der Waals surface area contributed by atoms with Gasteiger partial charge in [0.25, 0.3) is 11.6 Å². The summed E-state index contributed by atoms with van der Waals surface area (Å²) in [5, 5.41) is 19.5. The van der Waals surface area contributed by atoms with Gasteiger partial charge in [-0.15, -0.1) is 10.2 Å². The maximum Gasteiger partial charge on any atom is 0.338 e. The van der Waals surface area contributed by atoms with Crippen molar-refractivity contribution >= 4 is 39.2 Å². The molecule has 0 saturated carbocycles. The topological polar surface area (TPSA) is 155 Å². The summed E-state index contributed by atoms with van der Waals surface area (Å²) in [5.74, 6) is -1.51. The first kappa shape index (κ1) is 23.7. The van der Waals surface area contributed by atoms with Crippen LogP contribution in [0.15, 0.2) is 34.6 Å². The Bertz CT molecular complexity index is 1150. The lowest BCUT2D eigenvalue weighted by Gasteiger charge is -2.26. The van der Waals surface area contributed by atoms with Crippen LogP contribution in [0.2, 0.25) is 0 Å². The van der Waals surface area contributed by atoms with E-state index < -0.39 is 39.3 Å². The molecule has 1 aromatic heterocycles. The fourth-order valence-electron chi connectivity index (χ4n) is 3.29. The zero-order valence-corrected chi connectivity index (χ0v) is 19.0. The third kappa shape index (κ3) is 5.43. The second-order valence-electron chi connectivity index (χ2n) is 7.08. The molecule has 1 amide bonds. The number of carbonyl (C=O) groups is 2. The van der Waals surface area contributed by atoms with Crippen LogP contribution in [-0.2, 0) is 26.4 Å². The minimum atomic E-state index is -3.17. The molecule has 0 bridgehead atoms. The van der Waals surface area contributed by atoms with E-state index in [2.05, 4.69) is 10.2 Å². The number of likely N-dealkylation sites (N-methyl/N-ethyl adjacent to an activating group) is 1. The Hall–Kier alpha value is -3.00. The van der Waals surface area contributed by atoms with E-state index in [1.54, 1.807) is 18.5 Å². The zero-order chi connectivity index (χ0) is 23.5. The van der Waals surface area contributed by atoms with Gasteiger partial charge in [-0.3, -0.25) is 14.9 Å². The predicted octanol–water partition coefficient (Wildman–Crippen LogP) is 1.07. The second-order valence-corrected chi connectivity index (χ2v) is 10.3. The van der Waals surface area contributed by atoms with Crippen molar-refractivity contribution in [2.24, 2.45) is 7.05 Å². The van der Waals surface area contributed by atoms with Crippen molar-refractivity contribution in [1.29, 1.82) is 0 Å². The van der Waals surface area contributed by atoms with E-state index in [1.807, 2.05) is 0 Å². The van der Waals surface area contributed by atoms with Crippen LogP contribution in [-0.4, -0.2) is 75.6 Å². The van der Waals surface area contributed by atoms with Gasteiger partial charge in [-0.1, -0.05) is 0 Å². The van der Waals surface area contributed by atoms with Gasteiger partial charge in [0.2, 0.25) is 0 Å². The first-order valence-electron chi connectivity index (χ1n) is 9.58. The molecule has 2 heterocycles. The Morgan fingerprint density at radius 3 is 2.72 bits per heavy atom. The van der Waals surface area contributed by atoms with Crippen molar-refractivity contribution in [2.75, 3.05) is 24.7 Å². The highest BCUT2D eigenvalue weighted by molar-refractivity contribution is 7.99. The van der Waals surface area contributed by atoms with Crippen molar-refractivity contribution < 1.29 is 27.7 Å². The highest BCUT2D eigenvalue weighted by Gasteiger charge is 2.34. The van der Waals surface area contributed by atoms with Crippen LogP contribution < -0.4 is 0 Å². The molecule has 0 spiro atoms. The van der Waals surface area contributed by atoms with Crippen molar-refractivity contribution in [3.63, 3.8) is 0 Å². The Morgan fingerprint density at radius 1 is 1.41 bits per heavy atom. The number of carbonyl (C=O) groups excluding carboxylic acids is 2. The number of hydrogen-bond donors (Lipinski definition) is 0. The molecule has 1 atom stereocenters. The van der Waals surface area contributed by atoms with E-state index in [1.165, 1.54) is 23.4 Å². The lowest BCUT2D eigenvalue weighted by atomic mass is 10.2. The molecule has 172 valence electrons. The average molecular weight is 484 g/mol. The molecule has 0 aliphatic carbocycles. The highest BCUT2D eigenvalue weighted by atomic mass is 32.2. The molecule has 2 aromatic rings. The van der Waals surface area contributed by atoms with Crippen molar-refractivity contribution in [3.05, 3.63) is 40.2 Å². The molecule has 32 heavy (non-hydrogen) atoms. The van der Waals surface area contributed by atoms with Gasteiger partial charge in [-0.05, 0) is 37.2 Å². The van der Waals surface area contributed by atoms with Crippen molar-refractivity contribution in [1.82, 2.24) is 19.7 Å². The summed E-state index contributed by atoms with van der Waals surface area (Å²) in [7, 11) is -1.48. The number of benzene rings is 1. The van der Waals surface area contributed by atoms with Gasteiger partial charge in [-0.25, -0.2) is 13.2 Å². The molecule has 12 nitrogen and oxygen atoms in total. The smallest absolute Gasteiger partial charge is 0.338 e. The fourth-order valence-corrected chi connectivity index (χ4v) is 5.87. The van der Waals surface area contributed by atoms with Crippen LogP contribution in [0.3, 0.4) is 0 Å². The number of nitro benzene ring substituents is 1. The third-order valence-corrected chi connectivity index (χ3v) is 7.77. The van der Waals surface area contributed by atoms with E-state index in [4.69, 9.17) is 4.74 Å². The van der Waals surface area contributed by atoms with Crippen LogP contribution >= 0.6 is 11.8 Å². The zero-order valence-electron chi connectivity index (χ0n) is 17.3. The van der Waals surface area contributed by atoms with Gasteiger partial charge < -0.3 is 14.2 Å². The molecule has 0 unspecified atom stereocenters. The fraction of sp³-hybridized carbons (Fsp3) is 0.444. The predicted molar refractivity (Wildman–Crippen MR) is 113 cm³/mol. The number of amides is 1. The third-order valence-electron chi connectivity index (χ3n) is 4.90. The van der Waals surface area contributed by atoms with Crippen LogP contribution in [0.25, 0.3) is 0 Å². The Balaban J connectivity index is 1.68. The maximum absolute atomic E-state index is 12.5. The summed E-state index contributed by atoms with van der Waals surface area (Å²) in [6.07, 6.45) is 1.80. The number of nitrogens with zero attached hydrogens (tertiary/aromatic N) is 5. The molecule has 0 radical (unpaired) electrons. The number of ether oxygens (including phenoxy) is 1. The molecule has 14 heteroatoms. The summed E-state index contributed by atoms with van der Waals surface area (Å²) in [4.78, 5) is 37.4. The number of aryl methyl sites for hydroxylation is 1. The SMILES string of the molecule is CCN(C(=O)COC(=O)c1ccc(Sc2nncn2C)c([N+](=O)[O-])c1)[C@@H]1CCS(=O)(=O)C1. The number of esters is 1. The first-order valence-corrected chi connectivity index (χ1v) is 12.2. The standard InChI is InChI=1S/C18H21N5O7S2/c1-3-22(13-6-7-32(28,29)10-13)16(24)9-30-17(25)12-4-5-15(14(8-12)23(26)27)31-18-20-19-11-21(18)2/h4-5,8,11,13H,3,6-7,9-10H2,1-2H3/t13-/m1/s1. The Kier molecular flexibility index (Phi) is 7.13. The monoisotopic (exact) mass is 483 g/mol. The molecule has 1 aliphatic heterocycles. The van der Waals surface area contributed by atoms with E-state index in [0.717, 1.165) is 17.8 Å². The highest BCUT2D eigenvalue weighted by Crippen LogP contribution is 2.34. The largest absolute Gasteiger partial charge is 0.452 e. The van der Waals surface area contributed by atoms with Gasteiger partial charge >= 0.3 is 5.97 Å². The molecule has 1 aromatic carbocycles. The maximum atomic E-state index is 12.5. The summed E-state index contributed by atoms with van der Waals surface area (Å²) in [6, 6.07) is 3.39. The summed E-state index contributed by atoms with van der Waals surface area (Å²) < 4.78 is 30.0. The van der Waals surface area contributed by atoms with E-state index in [-0.39, 0.29) is 34.2 Å². The number of sulfone groups is 1. The minimum absolute atomic E-state index is 0.0175. The van der Waals surface area contributed by atoms with Crippen molar-refractivity contribution in [3.8, 4) is 0 Å². The lowest BCUT2D eigenvalue weighted by molar-refractivity contribution is -0.387. The average Bonchev–Trinajstić information content (AvgIpc) is 3.31. The Labute approximate surface area is 188 Å².